The number of urea groups is 2. The van der Waals surface area contributed by atoms with Gasteiger partial charge < -0.3 is 15.1 Å². The number of rotatable bonds is 0. The van der Waals surface area contributed by atoms with E-state index in [1.165, 1.54) is 4.90 Å². The molecule has 1 spiro atoms. The first kappa shape index (κ1) is 10.7. The zero-order valence-corrected chi connectivity index (χ0v) is 9.24. The second kappa shape index (κ2) is 3.36. The van der Waals surface area contributed by atoms with Gasteiger partial charge in [-0.1, -0.05) is 0 Å². The second-order valence-corrected chi connectivity index (χ2v) is 4.34. The number of carbonyl (C=O) groups excluding carboxylic acids is 3. The molecule has 2 heterocycles. The molecule has 2 aliphatic rings. The Morgan fingerprint density at radius 3 is 2.62 bits per heavy atom. The molecule has 0 radical (unpaired) electrons. The lowest BCUT2D eigenvalue weighted by Gasteiger charge is -2.23. The number of amides is 5. The maximum Gasteiger partial charge on any atom is 0.322 e. The number of likely N-dealkylation sites (tertiary alicyclic amines) is 1. The molecule has 1 unspecified atom stereocenters. The van der Waals surface area contributed by atoms with Gasteiger partial charge in [-0.15, -0.1) is 0 Å². The van der Waals surface area contributed by atoms with Crippen LogP contribution in [0.25, 0.3) is 0 Å². The van der Waals surface area contributed by atoms with Crippen LogP contribution in [0.4, 0.5) is 9.59 Å². The third-order valence-electron chi connectivity index (χ3n) is 2.94. The fraction of sp³-hybridized carbons (Fsp3) is 0.667. The lowest BCUT2D eigenvalue weighted by atomic mass is 10.00. The Bertz CT molecular complexity index is 368. The topological polar surface area (TPSA) is 81.8 Å². The van der Waals surface area contributed by atoms with E-state index in [9.17, 15) is 14.4 Å². The van der Waals surface area contributed by atoms with Gasteiger partial charge in [0, 0.05) is 20.6 Å². The molecule has 2 aliphatic heterocycles. The molecule has 1 atom stereocenters. The van der Waals surface area contributed by atoms with Crippen LogP contribution in [-0.2, 0) is 4.79 Å². The molecule has 0 aromatic carbocycles. The number of hydrogen-bond acceptors (Lipinski definition) is 3. The molecule has 16 heavy (non-hydrogen) atoms. The van der Waals surface area contributed by atoms with Gasteiger partial charge in [0.1, 0.15) is 5.54 Å². The summed E-state index contributed by atoms with van der Waals surface area (Å²) in [5.41, 5.74) is -0.914. The Labute approximate surface area is 92.8 Å². The molecule has 2 fully saturated rings. The van der Waals surface area contributed by atoms with Crippen LogP contribution >= 0.6 is 0 Å². The summed E-state index contributed by atoms with van der Waals surface area (Å²) in [6, 6.07) is -0.630. The van der Waals surface area contributed by atoms with Crippen molar-refractivity contribution in [3.05, 3.63) is 0 Å². The molecule has 5 amide bonds. The Morgan fingerprint density at radius 2 is 2.12 bits per heavy atom. The fourth-order valence-corrected chi connectivity index (χ4v) is 2.07. The van der Waals surface area contributed by atoms with Gasteiger partial charge in [-0.3, -0.25) is 10.1 Å². The van der Waals surface area contributed by atoms with Crippen molar-refractivity contribution in [1.82, 2.24) is 20.4 Å². The van der Waals surface area contributed by atoms with Gasteiger partial charge in [-0.25, -0.2) is 9.59 Å². The summed E-state index contributed by atoms with van der Waals surface area (Å²) in [7, 11) is 3.31. The predicted molar refractivity (Wildman–Crippen MR) is 54.7 cm³/mol. The highest BCUT2D eigenvalue weighted by Gasteiger charge is 2.51. The molecule has 0 aliphatic carbocycles. The zero-order valence-electron chi connectivity index (χ0n) is 9.24. The van der Waals surface area contributed by atoms with Crippen LogP contribution < -0.4 is 10.6 Å². The van der Waals surface area contributed by atoms with E-state index in [0.29, 0.717) is 13.0 Å². The smallest absolute Gasteiger partial charge is 0.322 e. The Balaban J connectivity index is 2.11. The van der Waals surface area contributed by atoms with E-state index in [-0.39, 0.29) is 18.5 Å². The van der Waals surface area contributed by atoms with Crippen molar-refractivity contribution < 1.29 is 14.4 Å². The lowest BCUT2D eigenvalue weighted by molar-refractivity contribution is -0.123. The van der Waals surface area contributed by atoms with Crippen LogP contribution in [0.1, 0.15) is 6.42 Å². The van der Waals surface area contributed by atoms with E-state index < -0.39 is 11.6 Å². The number of carbonyl (C=O) groups is 3. The maximum absolute atomic E-state index is 11.7. The van der Waals surface area contributed by atoms with Gasteiger partial charge in [0.15, 0.2) is 0 Å². The third kappa shape index (κ3) is 1.48. The van der Waals surface area contributed by atoms with Crippen molar-refractivity contribution in [3.63, 3.8) is 0 Å². The summed E-state index contributed by atoms with van der Waals surface area (Å²) in [5.74, 6) is -0.341. The quantitative estimate of drug-likeness (QED) is 0.517. The summed E-state index contributed by atoms with van der Waals surface area (Å²) in [4.78, 5) is 37.4. The predicted octanol–water partition coefficient (Wildman–Crippen LogP) is -1.05. The summed E-state index contributed by atoms with van der Waals surface area (Å²) in [5, 5.41) is 4.79. The third-order valence-corrected chi connectivity index (χ3v) is 2.94. The Kier molecular flexibility index (Phi) is 2.25. The van der Waals surface area contributed by atoms with Crippen LogP contribution in [0.15, 0.2) is 0 Å². The SMILES string of the molecule is CN(C)C(=O)N1CCC2(C1)NC(=O)NC2=O. The highest BCUT2D eigenvalue weighted by Crippen LogP contribution is 2.24. The minimum atomic E-state index is -0.914. The van der Waals surface area contributed by atoms with Gasteiger partial charge in [0.05, 0.1) is 6.54 Å². The minimum Gasteiger partial charge on any atom is -0.331 e. The first-order valence-electron chi connectivity index (χ1n) is 5.04. The molecule has 2 rings (SSSR count). The number of imide groups is 1. The number of nitrogens with one attached hydrogen (secondary N) is 2. The maximum atomic E-state index is 11.7. The van der Waals surface area contributed by atoms with Gasteiger partial charge in [-0.2, -0.15) is 0 Å². The minimum absolute atomic E-state index is 0.147. The van der Waals surface area contributed by atoms with Gasteiger partial charge >= 0.3 is 12.1 Å². The van der Waals surface area contributed by atoms with E-state index >= 15 is 0 Å². The standard InChI is InChI=1S/C9H14N4O3/c1-12(2)8(16)13-4-3-9(5-13)6(14)10-7(15)11-9/h3-5H2,1-2H3,(H2,10,11,14,15). The van der Waals surface area contributed by atoms with Crippen LogP contribution in [0.2, 0.25) is 0 Å². The molecule has 0 aromatic heterocycles. The van der Waals surface area contributed by atoms with E-state index in [1.807, 2.05) is 0 Å². The van der Waals surface area contributed by atoms with Crippen molar-refractivity contribution >= 4 is 18.0 Å². The van der Waals surface area contributed by atoms with Gasteiger partial charge in [0.25, 0.3) is 5.91 Å². The monoisotopic (exact) mass is 226 g/mol. The highest BCUT2D eigenvalue weighted by molar-refractivity contribution is 6.07. The molecular weight excluding hydrogens is 212 g/mol. The van der Waals surface area contributed by atoms with Crippen molar-refractivity contribution in [3.8, 4) is 0 Å². The van der Waals surface area contributed by atoms with Crippen molar-refractivity contribution in [2.45, 2.75) is 12.0 Å². The molecule has 0 saturated carbocycles. The molecular formula is C9H14N4O3. The summed E-state index contributed by atoms with van der Waals surface area (Å²) < 4.78 is 0. The first-order valence-corrected chi connectivity index (χ1v) is 5.04. The van der Waals surface area contributed by atoms with Crippen molar-refractivity contribution in [2.24, 2.45) is 0 Å². The number of nitrogens with zero attached hydrogens (tertiary/aromatic N) is 2. The van der Waals surface area contributed by atoms with Crippen molar-refractivity contribution in [2.75, 3.05) is 27.2 Å². The van der Waals surface area contributed by atoms with Crippen LogP contribution in [0.3, 0.4) is 0 Å². The molecule has 88 valence electrons. The van der Waals surface area contributed by atoms with Gasteiger partial charge in [-0.05, 0) is 6.42 Å². The zero-order chi connectivity index (χ0) is 11.9. The Morgan fingerprint density at radius 1 is 1.44 bits per heavy atom. The van der Waals surface area contributed by atoms with E-state index in [1.54, 1.807) is 19.0 Å². The number of hydrogen-bond donors (Lipinski definition) is 2. The highest BCUT2D eigenvalue weighted by atomic mass is 16.2. The average Bonchev–Trinajstić information content (AvgIpc) is 2.72. The van der Waals surface area contributed by atoms with Crippen LogP contribution in [-0.4, -0.2) is 60.5 Å². The molecule has 0 aromatic rings. The molecule has 2 saturated heterocycles. The molecule has 2 N–H and O–H groups in total. The average molecular weight is 226 g/mol. The van der Waals surface area contributed by atoms with E-state index in [4.69, 9.17) is 0 Å². The fourth-order valence-electron chi connectivity index (χ4n) is 2.07. The molecule has 7 heteroatoms. The normalized spacial score (nSPS) is 28.2. The second-order valence-electron chi connectivity index (χ2n) is 4.34. The summed E-state index contributed by atoms with van der Waals surface area (Å²) in [6.45, 7) is 0.715. The van der Waals surface area contributed by atoms with Crippen molar-refractivity contribution in [1.29, 1.82) is 0 Å². The largest absolute Gasteiger partial charge is 0.331 e. The molecule has 7 nitrogen and oxygen atoms in total. The van der Waals surface area contributed by atoms with E-state index in [2.05, 4.69) is 10.6 Å². The van der Waals surface area contributed by atoms with Crippen LogP contribution in [0.5, 0.6) is 0 Å². The Hall–Kier alpha value is -1.79. The summed E-state index contributed by atoms with van der Waals surface area (Å²) in [6.07, 6.45) is 0.462. The summed E-state index contributed by atoms with van der Waals surface area (Å²) >= 11 is 0. The van der Waals surface area contributed by atoms with Gasteiger partial charge in [0.2, 0.25) is 0 Å². The lowest BCUT2D eigenvalue weighted by Crippen LogP contribution is -2.50. The molecule has 0 bridgehead atoms. The van der Waals surface area contributed by atoms with E-state index in [0.717, 1.165) is 0 Å². The van der Waals surface area contributed by atoms with Crippen LogP contribution in [0, 0.1) is 0 Å². The first-order chi connectivity index (χ1) is 7.44.